The van der Waals surface area contributed by atoms with Crippen molar-refractivity contribution >= 4 is 21.8 Å². The molecule has 1 heterocycles. The van der Waals surface area contributed by atoms with Gasteiger partial charge in [0.15, 0.2) is 0 Å². The summed E-state index contributed by atoms with van der Waals surface area (Å²) < 4.78 is 5.96. The first-order valence-electron chi connectivity index (χ1n) is 5.43. The quantitative estimate of drug-likeness (QED) is 0.885. The van der Waals surface area contributed by atoms with Gasteiger partial charge in [0.2, 0.25) is 0 Å². The molecule has 1 aliphatic rings. The highest BCUT2D eigenvalue weighted by Crippen LogP contribution is 2.17. The SMILES string of the molecule is O=C(NCC1(O)CCOC1)c1cccc(Br)c1. The van der Waals surface area contributed by atoms with Crippen molar-refractivity contribution in [3.63, 3.8) is 0 Å². The van der Waals surface area contributed by atoms with Gasteiger partial charge in [-0.3, -0.25) is 4.79 Å². The smallest absolute Gasteiger partial charge is 0.251 e. The third-order valence-electron chi connectivity index (χ3n) is 2.75. The zero-order chi connectivity index (χ0) is 12.3. The molecule has 1 unspecified atom stereocenters. The Hall–Kier alpha value is -0.910. The van der Waals surface area contributed by atoms with E-state index in [9.17, 15) is 9.90 Å². The molecule has 1 fully saturated rings. The Kier molecular flexibility index (Phi) is 3.81. The number of ether oxygens (including phenoxy) is 1. The van der Waals surface area contributed by atoms with Gasteiger partial charge < -0.3 is 15.2 Å². The first-order chi connectivity index (χ1) is 8.09. The lowest BCUT2D eigenvalue weighted by atomic mass is 10.0. The topological polar surface area (TPSA) is 58.6 Å². The molecule has 1 aromatic rings. The fourth-order valence-electron chi connectivity index (χ4n) is 1.71. The number of aliphatic hydroxyl groups is 1. The molecular weight excluding hydrogens is 286 g/mol. The number of hydrogen-bond donors (Lipinski definition) is 2. The summed E-state index contributed by atoms with van der Waals surface area (Å²) in [5.74, 6) is -0.188. The molecule has 0 radical (unpaired) electrons. The molecule has 1 aromatic carbocycles. The molecule has 1 atom stereocenters. The zero-order valence-electron chi connectivity index (χ0n) is 9.28. The predicted molar refractivity (Wildman–Crippen MR) is 66.9 cm³/mol. The van der Waals surface area contributed by atoms with Crippen molar-refractivity contribution in [3.05, 3.63) is 34.3 Å². The van der Waals surface area contributed by atoms with Crippen LogP contribution in [0.2, 0.25) is 0 Å². The van der Waals surface area contributed by atoms with Gasteiger partial charge in [0, 0.05) is 29.6 Å². The minimum Gasteiger partial charge on any atom is -0.386 e. The Labute approximate surface area is 108 Å². The number of nitrogens with one attached hydrogen (secondary N) is 1. The van der Waals surface area contributed by atoms with Crippen LogP contribution in [0.3, 0.4) is 0 Å². The van der Waals surface area contributed by atoms with Crippen LogP contribution in [0.1, 0.15) is 16.8 Å². The number of carbonyl (C=O) groups excluding carboxylic acids is 1. The first kappa shape index (κ1) is 12.5. The van der Waals surface area contributed by atoms with Gasteiger partial charge in [-0.05, 0) is 18.2 Å². The molecule has 0 spiro atoms. The average Bonchev–Trinajstić information content (AvgIpc) is 2.74. The highest BCUT2D eigenvalue weighted by molar-refractivity contribution is 9.10. The zero-order valence-corrected chi connectivity index (χ0v) is 10.9. The van der Waals surface area contributed by atoms with E-state index < -0.39 is 5.60 Å². The number of rotatable bonds is 3. The summed E-state index contributed by atoms with van der Waals surface area (Å²) in [5.41, 5.74) is -0.344. The van der Waals surface area contributed by atoms with Gasteiger partial charge in [-0.2, -0.15) is 0 Å². The van der Waals surface area contributed by atoms with Gasteiger partial charge in [0.1, 0.15) is 5.60 Å². The number of hydrogen-bond acceptors (Lipinski definition) is 3. The molecule has 2 N–H and O–H groups in total. The maximum Gasteiger partial charge on any atom is 0.251 e. The van der Waals surface area contributed by atoms with Crippen molar-refractivity contribution in [1.29, 1.82) is 0 Å². The van der Waals surface area contributed by atoms with E-state index in [0.717, 1.165) is 4.47 Å². The van der Waals surface area contributed by atoms with Gasteiger partial charge in [-0.25, -0.2) is 0 Å². The molecule has 17 heavy (non-hydrogen) atoms. The Morgan fingerprint density at radius 3 is 3.06 bits per heavy atom. The summed E-state index contributed by atoms with van der Waals surface area (Å²) in [5, 5.41) is 12.7. The van der Waals surface area contributed by atoms with E-state index in [0.29, 0.717) is 18.6 Å². The Morgan fingerprint density at radius 1 is 1.59 bits per heavy atom. The van der Waals surface area contributed by atoms with E-state index >= 15 is 0 Å². The van der Waals surface area contributed by atoms with Crippen molar-refractivity contribution in [1.82, 2.24) is 5.32 Å². The van der Waals surface area contributed by atoms with E-state index in [1.165, 1.54) is 0 Å². The monoisotopic (exact) mass is 299 g/mol. The first-order valence-corrected chi connectivity index (χ1v) is 6.22. The summed E-state index contributed by atoms with van der Waals surface area (Å²) in [7, 11) is 0. The van der Waals surface area contributed by atoms with Crippen LogP contribution < -0.4 is 5.32 Å². The molecule has 1 amide bonds. The molecule has 1 aliphatic heterocycles. The van der Waals surface area contributed by atoms with Crippen LogP contribution in [0.15, 0.2) is 28.7 Å². The van der Waals surface area contributed by atoms with Gasteiger partial charge in [-0.1, -0.05) is 22.0 Å². The minimum absolute atomic E-state index is 0.188. The number of amides is 1. The van der Waals surface area contributed by atoms with Crippen molar-refractivity contribution in [2.45, 2.75) is 12.0 Å². The van der Waals surface area contributed by atoms with E-state index in [-0.39, 0.29) is 19.1 Å². The largest absolute Gasteiger partial charge is 0.386 e. The number of carbonyl (C=O) groups is 1. The number of benzene rings is 1. The highest BCUT2D eigenvalue weighted by atomic mass is 79.9. The van der Waals surface area contributed by atoms with Crippen LogP contribution >= 0.6 is 15.9 Å². The summed E-state index contributed by atoms with van der Waals surface area (Å²) in [6.45, 7) is 1.05. The second-order valence-corrected chi connectivity index (χ2v) is 5.14. The van der Waals surface area contributed by atoms with Crippen LogP contribution in [0.25, 0.3) is 0 Å². The number of halogens is 1. The van der Waals surface area contributed by atoms with Crippen molar-refractivity contribution in [2.75, 3.05) is 19.8 Å². The van der Waals surface area contributed by atoms with Crippen molar-refractivity contribution in [3.8, 4) is 0 Å². The molecule has 5 heteroatoms. The van der Waals surface area contributed by atoms with E-state index in [4.69, 9.17) is 4.74 Å². The molecule has 0 saturated carbocycles. The predicted octanol–water partition coefficient (Wildman–Crippen LogP) is 1.33. The summed E-state index contributed by atoms with van der Waals surface area (Å²) in [4.78, 5) is 11.8. The average molecular weight is 300 g/mol. The third kappa shape index (κ3) is 3.28. The molecule has 0 bridgehead atoms. The highest BCUT2D eigenvalue weighted by Gasteiger charge is 2.32. The lowest BCUT2D eigenvalue weighted by Gasteiger charge is -2.20. The maximum atomic E-state index is 11.8. The maximum absolute atomic E-state index is 11.8. The van der Waals surface area contributed by atoms with Gasteiger partial charge in [-0.15, -0.1) is 0 Å². The van der Waals surface area contributed by atoms with Gasteiger partial charge in [0.05, 0.1) is 6.61 Å². The lowest BCUT2D eigenvalue weighted by Crippen LogP contribution is -2.43. The second-order valence-electron chi connectivity index (χ2n) is 4.22. The summed E-state index contributed by atoms with van der Waals surface area (Å²) in [6.07, 6.45) is 0.561. The molecule has 0 aromatic heterocycles. The van der Waals surface area contributed by atoms with Crippen LogP contribution in [0.4, 0.5) is 0 Å². The van der Waals surface area contributed by atoms with E-state index in [1.807, 2.05) is 6.07 Å². The van der Waals surface area contributed by atoms with Crippen LogP contribution in [0, 0.1) is 0 Å². The van der Waals surface area contributed by atoms with Gasteiger partial charge >= 0.3 is 0 Å². The van der Waals surface area contributed by atoms with Crippen molar-refractivity contribution in [2.24, 2.45) is 0 Å². The normalized spacial score (nSPS) is 23.6. The lowest BCUT2D eigenvalue weighted by molar-refractivity contribution is 0.0264. The van der Waals surface area contributed by atoms with Crippen LogP contribution in [-0.2, 0) is 4.74 Å². The van der Waals surface area contributed by atoms with Crippen molar-refractivity contribution < 1.29 is 14.6 Å². The van der Waals surface area contributed by atoms with Gasteiger partial charge in [0.25, 0.3) is 5.91 Å². The Morgan fingerprint density at radius 2 is 2.41 bits per heavy atom. The third-order valence-corrected chi connectivity index (χ3v) is 3.24. The second kappa shape index (κ2) is 5.16. The Bertz CT molecular complexity index is 416. The minimum atomic E-state index is -0.915. The van der Waals surface area contributed by atoms with E-state index in [2.05, 4.69) is 21.2 Å². The molecule has 1 saturated heterocycles. The standard InChI is InChI=1S/C12H14BrNO3/c13-10-3-1-2-9(6-10)11(15)14-7-12(16)4-5-17-8-12/h1-3,6,16H,4-5,7-8H2,(H,14,15). The molecule has 0 aliphatic carbocycles. The fraction of sp³-hybridized carbons (Fsp3) is 0.417. The molecule has 4 nitrogen and oxygen atoms in total. The summed E-state index contributed by atoms with van der Waals surface area (Å²) in [6, 6.07) is 7.13. The molecule has 92 valence electrons. The fourth-order valence-corrected chi connectivity index (χ4v) is 2.11. The molecule has 2 rings (SSSR count). The Balaban J connectivity index is 1.93. The molecular formula is C12H14BrNO3. The van der Waals surface area contributed by atoms with E-state index in [1.54, 1.807) is 18.2 Å². The summed E-state index contributed by atoms with van der Waals surface area (Å²) >= 11 is 3.31. The van der Waals surface area contributed by atoms with Crippen LogP contribution in [-0.4, -0.2) is 36.4 Å². The van der Waals surface area contributed by atoms with Crippen LogP contribution in [0.5, 0.6) is 0 Å².